The first-order chi connectivity index (χ1) is 13.7. The number of amides is 1. The largest absolute Gasteiger partial charge is 0.354 e. The lowest BCUT2D eigenvalue weighted by Crippen LogP contribution is -2.47. The third-order valence-corrected chi connectivity index (χ3v) is 5.48. The summed E-state index contributed by atoms with van der Waals surface area (Å²) >= 11 is 0. The monoisotopic (exact) mass is 455 g/mol. The van der Waals surface area contributed by atoms with E-state index in [1.165, 1.54) is 0 Å². The molecule has 2 N–H and O–H groups in total. The molecular formula is C21H28Cl2FN5O. The third-order valence-electron chi connectivity index (χ3n) is 5.48. The number of anilines is 2. The van der Waals surface area contributed by atoms with E-state index in [2.05, 4.69) is 25.4 Å². The number of halogens is 3. The van der Waals surface area contributed by atoms with Gasteiger partial charge in [-0.15, -0.1) is 24.8 Å². The molecule has 0 saturated carbocycles. The maximum Gasteiger partial charge on any atom is 0.225 e. The van der Waals surface area contributed by atoms with Crippen LogP contribution in [-0.2, 0) is 17.8 Å². The van der Waals surface area contributed by atoms with Crippen molar-refractivity contribution in [2.75, 3.05) is 49.5 Å². The molecule has 1 amide bonds. The van der Waals surface area contributed by atoms with Gasteiger partial charge in [-0.05, 0) is 42.3 Å². The minimum absolute atomic E-state index is 0. The molecule has 0 bridgehead atoms. The molecule has 6 nitrogen and oxygen atoms in total. The Labute approximate surface area is 189 Å². The molecule has 2 aliphatic heterocycles. The van der Waals surface area contributed by atoms with Gasteiger partial charge in [0.2, 0.25) is 5.91 Å². The van der Waals surface area contributed by atoms with Crippen LogP contribution in [0.3, 0.4) is 0 Å². The number of rotatable bonds is 5. The zero-order valence-electron chi connectivity index (χ0n) is 16.8. The van der Waals surface area contributed by atoms with Crippen LogP contribution in [0.4, 0.5) is 15.9 Å². The maximum atomic E-state index is 14.6. The van der Waals surface area contributed by atoms with E-state index in [0.29, 0.717) is 31.6 Å². The topological polar surface area (TPSA) is 60.5 Å². The van der Waals surface area contributed by atoms with E-state index in [0.717, 1.165) is 49.7 Å². The fourth-order valence-corrected chi connectivity index (χ4v) is 3.84. The van der Waals surface area contributed by atoms with Gasteiger partial charge in [-0.2, -0.15) is 0 Å². The van der Waals surface area contributed by atoms with E-state index in [1.54, 1.807) is 6.07 Å². The Hall–Kier alpha value is -1.93. The molecule has 0 atom stereocenters. The Kier molecular flexibility index (Phi) is 9.30. The average Bonchev–Trinajstić information content (AvgIpc) is 2.75. The van der Waals surface area contributed by atoms with Crippen LogP contribution in [0.2, 0.25) is 0 Å². The van der Waals surface area contributed by atoms with Gasteiger partial charge in [0.15, 0.2) is 0 Å². The van der Waals surface area contributed by atoms with Crippen molar-refractivity contribution in [3.8, 4) is 0 Å². The van der Waals surface area contributed by atoms with E-state index < -0.39 is 0 Å². The van der Waals surface area contributed by atoms with Crippen LogP contribution in [0.25, 0.3) is 0 Å². The molecule has 0 unspecified atom stereocenters. The van der Waals surface area contributed by atoms with E-state index >= 15 is 0 Å². The first kappa shape index (κ1) is 24.3. The predicted molar refractivity (Wildman–Crippen MR) is 122 cm³/mol. The van der Waals surface area contributed by atoms with Gasteiger partial charge in [0.25, 0.3) is 0 Å². The lowest BCUT2D eigenvalue weighted by molar-refractivity contribution is -0.116. The predicted octanol–water partition coefficient (Wildman–Crippen LogP) is 2.86. The van der Waals surface area contributed by atoms with Crippen LogP contribution in [0, 0.1) is 5.82 Å². The molecule has 2 aliphatic rings. The Bertz CT molecular complexity index is 832. The number of carbonyl (C=O) groups excluding carboxylic acids is 1. The van der Waals surface area contributed by atoms with Crippen LogP contribution < -0.4 is 15.5 Å². The Balaban J connectivity index is 0.00000160. The van der Waals surface area contributed by atoms with Gasteiger partial charge in [0.05, 0.1) is 5.69 Å². The minimum atomic E-state index is -0.281. The van der Waals surface area contributed by atoms with Gasteiger partial charge in [0, 0.05) is 51.9 Å². The zero-order chi connectivity index (χ0) is 19.3. The summed E-state index contributed by atoms with van der Waals surface area (Å²) in [6.07, 6.45) is 2.83. The van der Waals surface area contributed by atoms with E-state index in [1.807, 2.05) is 30.5 Å². The smallest absolute Gasteiger partial charge is 0.225 e. The molecule has 1 saturated heterocycles. The lowest BCUT2D eigenvalue weighted by atomic mass is 9.99. The molecule has 0 radical (unpaired) electrons. The number of carbonyl (C=O) groups is 1. The molecule has 0 spiro atoms. The van der Waals surface area contributed by atoms with Crippen molar-refractivity contribution in [1.29, 1.82) is 0 Å². The second-order valence-electron chi connectivity index (χ2n) is 7.31. The summed E-state index contributed by atoms with van der Waals surface area (Å²) in [7, 11) is 0. The lowest BCUT2D eigenvalue weighted by Gasteiger charge is -2.35. The van der Waals surface area contributed by atoms with Crippen LogP contribution in [-0.4, -0.2) is 55.1 Å². The molecule has 1 aromatic heterocycles. The van der Waals surface area contributed by atoms with Gasteiger partial charge < -0.3 is 15.5 Å². The van der Waals surface area contributed by atoms with E-state index in [9.17, 15) is 9.18 Å². The number of pyridine rings is 1. The quantitative estimate of drug-likeness (QED) is 0.725. The molecule has 2 aromatic rings. The zero-order valence-corrected chi connectivity index (χ0v) is 18.4. The molecule has 1 fully saturated rings. The van der Waals surface area contributed by atoms with Gasteiger partial charge in [-0.25, -0.2) is 9.37 Å². The average molecular weight is 456 g/mol. The van der Waals surface area contributed by atoms with Crippen LogP contribution >= 0.6 is 24.8 Å². The number of aromatic nitrogens is 1. The highest BCUT2D eigenvalue weighted by atomic mass is 35.5. The highest BCUT2D eigenvalue weighted by Crippen LogP contribution is 2.24. The molecule has 30 heavy (non-hydrogen) atoms. The number of nitrogens with zero attached hydrogens (tertiary/aromatic N) is 3. The van der Waals surface area contributed by atoms with Crippen molar-refractivity contribution in [3.63, 3.8) is 0 Å². The number of benzene rings is 1. The van der Waals surface area contributed by atoms with Crippen molar-refractivity contribution in [1.82, 2.24) is 15.2 Å². The fraction of sp³-hybridized carbons (Fsp3) is 0.429. The molecule has 4 rings (SSSR count). The minimum Gasteiger partial charge on any atom is -0.354 e. The molecular weight excluding hydrogens is 428 g/mol. The van der Waals surface area contributed by atoms with E-state index in [-0.39, 0.29) is 36.5 Å². The maximum absolute atomic E-state index is 14.6. The summed E-state index contributed by atoms with van der Waals surface area (Å²) < 4.78 is 14.6. The normalized spacial score (nSPS) is 16.1. The Morgan fingerprint density at radius 3 is 2.67 bits per heavy atom. The number of fused-ring (bicyclic) bond motifs is 1. The van der Waals surface area contributed by atoms with Gasteiger partial charge in [-0.1, -0.05) is 12.1 Å². The standard InChI is InChI=1S/C21H26FN5O.2ClH/c22-21-17-6-9-23-15-16(17)4-5-18(21)25-20(28)7-10-26-11-13-27(14-12-26)19-3-1-2-8-24-19;;/h1-5,8,23H,6-7,9-15H2,(H,25,28);2*1H. The fourth-order valence-electron chi connectivity index (χ4n) is 3.84. The number of nitrogens with one attached hydrogen (secondary N) is 2. The first-order valence-electron chi connectivity index (χ1n) is 9.90. The van der Waals surface area contributed by atoms with E-state index in [4.69, 9.17) is 0 Å². The van der Waals surface area contributed by atoms with Crippen molar-refractivity contribution in [3.05, 3.63) is 53.5 Å². The highest BCUT2D eigenvalue weighted by molar-refractivity contribution is 5.91. The first-order valence-corrected chi connectivity index (χ1v) is 9.90. The molecule has 0 aliphatic carbocycles. The molecule has 9 heteroatoms. The van der Waals surface area contributed by atoms with Crippen molar-refractivity contribution in [2.24, 2.45) is 0 Å². The molecule has 1 aromatic carbocycles. The Morgan fingerprint density at radius 1 is 1.13 bits per heavy atom. The third kappa shape index (κ3) is 5.82. The van der Waals surface area contributed by atoms with Crippen LogP contribution in [0.15, 0.2) is 36.5 Å². The van der Waals surface area contributed by atoms with Crippen LogP contribution in [0.5, 0.6) is 0 Å². The molecule has 3 heterocycles. The van der Waals surface area contributed by atoms with Crippen molar-refractivity contribution >= 4 is 42.2 Å². The van der Waals surface area contributed by atoms with Gasteiger partial charge >= 0.3 is 0 Å². The van der Waals surface area contributed by atoms with Crippen LogP contribution in [0.1, 0.15) is 17.5 Å². The van der Waals surface area contributed by atoms with Gasteiger partial charge in [0.1, 0.15) is 11.6 Å². The number of piperazine rings is 1. The summed E-state index contributed by atoms with van der Waals surface area (Å²) in [5.41, 5.74) is 2.00. The molecule has 164 valence electrons. The summed E-state index contributed by atoms with van der Waals surface area (Å²) in [5, 5.41) is 5.98. The number of hydrogen-bond acceptors (Lipinski definition) is 5. The van der Waals surface area contributed by atoms with Crippen molar-refractivity contribution < 1.29 is 9.18 Å². The SMILES string of the molecule is Cl.Cl.O=C(CCN1CCN(c2ccccn2)CC1)Nc1ccc2c(c1F)CCNC2. The summed E-state index contributed by atoms with van der Waals surface area (Å²) in [4.78, 5) is 21.2. The Morgan fingerprint density at radius 2 is 1.93 bits per heavy atom. The summed E-state index contributed by atoms with van der Waals surface area (Å²) in [6.45, 7) is 5.71. The second-order valence-corrected chi connectivity index (χ2v) is 7.31. The summed E-state index contributed by atoms with van der Waals surface area (Å²) in [5.74, 6) is 0.578. The summed E-state index contributed by atoms with van der Waals surface area (Å²) in [6, 6.07) is 9.50. The van der Waals surface area contributed by atoms with Crippen molar-refractivity contribution in [2.45, 2.75) is 19.4 Å². The highest BCUT2D eigenvalue weighted by Gasteiger charge is 2.20. The number of hydrogen-bond donors (Lipinski definition) is 2. The van der Waals surface area contributed by atoms with Gasteiger partial charge in [-0.3, -0.25) is 9.69 Å². The second kappa shape index (κ2) is 11.5.